The van der Waals surface area contributed by atoms with Crippen LogP contribution in [0.4, 0.5) is 5.69 Å². The van der Waals surface area contributed by atoms with Crippen molar-refractivity contribution < 1.29 is 14.3 Å². The van der Waals surface area contributed by atoms with E-state index in [4.69, 9.17) is 4.74 Å². The highest BCUT2D eigenvalue weighted by Crippen LogP contribution is 2.14. The van der Waals surface area contributed by atoms with Crippen molar-refractivity contribution in [3.63, 3.8) is 0 Å². The van der Waals surface area contributed by atoms with Crippen molar-refractivity contribution in [1.29, 1.82) is 0 Å². The third-order valence-electron chi connectivity index (χ3n) is 4.21. The number of nitrogens with one attached hydrogen (secondary N) is 2. The van der Waals surface area contributed by atoms with Crippen LogP contribution in [0.1, 0.15) is 35.7 Å². The van der Waals surface area contributed by atoms with Gasteiger partial charge in [0.2, 0.25) is 5.91 Å². The topological polar surface area (TPSA) is 70.7 Å². The van der Waals surface area contributed by atoms with Gasteiger partial charge >= 0.3 is 0 Å². The lowest BCUT2D eigenvalue weighted by atomic mass is 10.2. The number of unbranched alkanes of at least 4 members (excludes halogenated alkanes) is 1. The fraction of sp³-hybridized carbons (Fsp3) is 0.364. The summed E-state index contributed by atoms with van der Waals surface area (Å²) in [5.74, 6) is 0.218. The van der Waals surface area contributed by atoms with E-state index >= 15 is 0 Å². The lowest BCUT2D eigenvalue weighted by Gasteiger charge is -2.14. The molecule has 0 aliphatic rings. The Kier molecular flexibility index (Phi) is 8.34. The van der Waals surface area contributed by atoms with E-state index in [2.05, 4.69) is 17.6 Å². The SMILES string of the molecule is CCCCOc1ccc(C(=O)NCC(=O)NCc2cccc(N(C)C)c2)cc1. The highest BCUT2D eigenvalue weighted by molar-refractivity contribution is 5.96. The van der Waals surface area contributed by atoms with Crippen molar-refractivity contribution in [3.05, 3.63) is 59.7 Å². The molecular weight excluding hydrogens is 354 g/mol. The number of anilines is 1. The van der Waals surface area contributed by atoms with Gasteiger partial charge in [-0.05, 0) is 48.4 Å². The predicted molar refractivity (Wildman–Crippen MR) is 112 cm³/mol. The van der Waals surface area contributed by atoms with Gasteiger partial charge in [-0.25, -0.2) is 0 Å². The average Bonchev–Trinajstić information content (AvgIpc) is 2.71. The highest BCUT2D eigenvalue weighted by Gasteiger charge is 2.08. The van der Waals surface area contributed by atoms with Crippen molar-refractivity contribution in [1.82, 2.24) is 10.6 Å². The number of carbonyl (C=O) groups excluding carboxylic acids is 2. The monoisotopic (exact) mass is 383 g/mol. The van der Waals surface area contributed by atoms with E-state index in [0.717, 1.165) is 29.8 Å². The lowest BCUT2D eigenvalue weighted by Crippen LogP contribution is -2.36. The Bertz CT molecular complexity index is 773. The third-order valence-corrected chi connectivity index (χ3v) is 4.21. The fourth-order valence-corrected chi connectivity index (χ4v) is 2.51. The predicted octanol–water partition coefficient (Wildman–Crippen LogP) is 2.98. The Labute approximate surface area is 166 Å². The molecule has 0 radical (unpaired) electrons. The zero-order valence-corrected chi connectivity index (χ0v) is 16.8. The number of hydrogen-bond donors (Lipinski definition) is 2. The number of ether oxygens (including phenoxy) is 1. The first-order valence-corrected chi connectivity index (χ1v) is 9.53. The molecule has 0 aliphatic carbocycles. The quantitative estimate of drug-likeness (QED) is 0.619. The van der Waals surface area contributed by atoms with Gasteiger partial charge in [-0.3, -0.25) is 9.59 Å². The summed E-state index contributed by atoms with van der Waals surface area (Å²) in [5, 5.41) is 5.45. The summed E-state index contributed by atoms with van der Waals surface area (Å²) < 4.78 is 5.58. The molecule has 6 nitrogen and oxygen atoms in total. The smallest absolute Gasteiger partial charge is 0.251 e. The molecule has 2 amide bonds. The van der Waals surface area contributed by atoms with Crippen molar-refractivity contribution >= 4 is 17.5 Å². The molecule has 0 bridgehead atoms. The second-order valence-electron chi connectivity index (χ2n) is 6.75. The first kappa shape index (κ1) is 21.3. The number of hydrogen-bond acceptors (Lipinski definition) is 4. The molecule has 0 saturated heterocycles. The summed E-state index contributed by atoms with van der Waals surface area (Å²) in [6, 6.07) is 14.9. The summed E-state index contributed by atoms with van der Waals surface area (Å²) in [4.78, 5) is 26.2. The highest BCUT2D eigenvalue weighted by atomic mass is 16.5. The number of nitrogens with zero attached hydrogens (tertiary/aromatic N) is 1. The summed E-state index contributed by atoms with van der Waals surface area (Å²) in [6.45, 7) is 3.12. The van der Waals surface area contributed by atoms with Crippen LogP contribution < -0.4 is 20.3 Å². The molecule has 0 unspecified atom stereocenters. The van der Waals surface area contributed by atoms with Crippen LogP contribution in [0.3, 0.4) is 0 Å². The molecule has 0 heterocycles. The maximum absolute atomic E-state index is 12.2. The van der Waals surface area contributed by atoms with Crippen LogP contribution in [-0.4, -0.2) is 39.1 Å². The first-order chi connectivity index (χ1) is 13.5. The molecule has 0 fully saturated rings. The molecule has 150 valence electrons. The molecule has 0 aliphatic heterocycles. The number of rotatable bonds is 10. The summed E-state index contributed by atoms with van der Waals surface area (Å²) >= 11 is 0. The molecule has 0 atom stereocenters. The molecule has 28 heavy (non-hydrogen) atoms. The maximum Gasteiger partial charge on any atom is 0.251 e. The minimum atomic E-state index is -0.287. The van der Waals surface area contributed by atoms with E-state index in [1.807, 2.05) is 43.3 Å². The Morgan fingerprint density at radius 2 is 1.79 bits per heavy atom. The van der Waals surface area contributed by atoms with Crippen LogP contribution in [-0.2, 0) is 11.3 Å². The van der Waals surface area contributed by atoms with E-state index < -0.39 is 0 Å². The van der Waals surface area contributed by atoms with Gasteiger partial charge in [-0.2, -0.15) is 0 Å². The van der Waals surface area contributed by atoms with Gasteiger partial charge in [-0.15, -0.1) is 0 Å². The lowest BCUT2D eigenvalue weighted by molar-refractivity contribution is -0.120. The van der Waals surface area contributed by atoms with Crippen LogP contribution in [0.15, 0.2) is 48.5 Å². The van der Waals surface area contributed by atoms with Crippen molar-refractivity contribution in [2.45, 2.75) is 26.3 Å². The minimum absolute atomic E-state index is 0.0685. The average molecular weight is 383 g/mol. The zero-order valence-electron chi connectivity index (χ0n) is 16.8. The Morgan fingerprint density at radius 1 is 1.04 bits per heavy atom. The van der Waals surface area contributed by atoms with Crippen molar-refractivity contribution in [2.75, 3.05) is 32.1 Å². The molecular formula is C22H29N3O3. The first-order valence-electron chi connectivity index (χ1n) is 9.53. The minimum Gasteiger partial charge on any atom is -0.494 e. The van der Waals surface area contributed by atoms with Gasteiger partial charge in [0.1, 0.15) is 5.75 Å². The number of carbonyl (C=O) groups is 2. The fourth-order valence-electron chi connectivity index (χ4n) is 2.51. The second-order valence-corrected chi connectivity index (χ2v) is 6.75. The van der Waals surface area contributed by atoms with Crippen LogP contribution in [0.25, 0.3) is 0 Å². The molecule has 2 rings (SSSR count). The van der Waals surface area contributed by atoms with Crippen molar-refractivity contribution in [3.8, 4) is 5.75 Å². The van der Waals surface area contributed by atoms with Gasteiger partial charge in [0.25, 0.3) is 5.91 Å². The van der Waals surface area contributed by atoms with Crippen molar-refractivity contribution in [2.24, 2.45) is 0 Å². The Morgan fingerprint density at radius 3 is 2.46 bits per heavy atom. The standard InChI is InChI=1S/C22H29N3O3/c1-4-5-13-28-20-11-9-18(10-12-20)22(27)24-16-21(26)23-15-17-7-6-8-19(14-17)25(2)3/h6-12,14H,4-5,13,15-16H2,1-3H3,(H,23,26)(H,24,27). The van der Waals surface area contributed by atoms with E-state index in [0.29, 0.717) is 18.7 Å². The summed E-state index contributed by atoms with van der Waals surface area (Å²) in [5.41, 5.74) is 2.57. The van der Waals surface area contributed by atoms with Gasteiger partial charge in [0.05, 0.1) is 13.2 Å². The summed E-state index contributed by atoms with van der Waals surface area (Å²) in [7, 11) is 3.94. The molecule has 0 saturated carbocycles. The van der Waals surface area contributed by atoms with Crippen LogP contribution in [0.5, 0.6) is 5.75 Å². The maximum atomic E-state index is 12.2. The normalized spacial score (nSPS) is 10.2. The summed E-state index contributed by atoms with van der Waals surface area (Å²) in [6.07, 6.45) is 2.07. The Balaban J connectivity index is 1.76. The number of amides is 2. The Hall–Kier alpha value is -3.02. The van der Waals surface area contributed by atoms with E-state index in [1.54, 1.807) is 24.3 Å². The van der Waals surface area contributed by atoms with Gasteiger partial charge in [0, 0.05) is 31.9 Å². The molecule has 0 aromatic heterocycles. The molecule has 6 heteroatoms. The molecule has 2 N–H and O–H groups in total. The van der Waals surface area contributed by atoms with Crippen LogP contribution in [0.2, 0.25) is 0 Å². The van der Waals surface area contributed by atoms with Crippen LogP contribution in [0, 0.1) is 0 Å². The van der Waals surface area contributed by atoms with E-state index in [9.17, 15) is 9.59 Å². The molecule has 2 aromatic carbocycles. The largest absolute Gasteiger partial charge is 0.494 e. The van der Waals surface area contributed by atoms with Crippen LogP contribution >= 0.6 is 0 Å². The number of benzene rings is 2. The van der Waals surface area contributed by atoms with E-state index in [1.165, 1.54) is 0 Å². The second kappa shape index (κ2) is 11.0. The van der Waals surface area contributed by atoms with Gasteiger partial charge in [-0.1, -0.05) is 25.5 Å². The molecule has 2 aromatic rings. The molecule has 0 spiro atoms. The zero-order chi connectivity index (χ0) is 20.4. The van der Waals surface area contributed by atoms with Gasteiger partial charge in [0.15, 0.2) is 0 Å². The third kappa shape index (κ3) is 6.95. The van der Waals surface area contributed by atoms with Gasteiger partial charge < -0.3 is 20.3 Å². The van der Waals surface area contributed by atoms with E-state index in [-0.39, 0.29) is 18.4 Å².